The summed E-state index contributed by atoms with van der Waals surface area (Å²) in [5.74, 6) is 0.144. The fourth-order valence-electron chi connectivity index (χ4n) is 5.10. The van der Waals surface area contributed by atoms with Crippen LogP contribution in [0.1, 0.15) is 69.5 Å². The molecule has 3 aromatic carbocycles. The molecule has 0 unspecified atom stereocenters. The first-order chi connectivity index (χ1) is 20.1. The maximum atomic E-state index is 13.6. The molecule has 42 heavy (non-hydrogen) atoms. The number of anilines is 1. The molecule has 1 aliphatic carbocycles. The number of nitrogens with one attached hydrogen (secondary N) is 1. The number of carboxylic acids is 1. The van der Waals surface area contributed by atoms with Crippen LogP contribution in [-0.2, 0) is 19.4 Å². The summed E-state index contributed by atoms with van der Waals surface area (Å²) in [6.07, 6.45) is 4.68. The number of hydrogen-bond acceptors (Lipinski definition) is 5. The molecule has 1 aromatic heterocycles. The summed E-state index contributed by atoms with van der Waals surface area (Å²) >= 11 is 5.22. The van der Waals surface area contributed by atoms with Crippen molar-refractivity contribution in [1.82, 2.24) is 0 Å². The maximum absolute atomic E-state index is 13.6. The Bertz CT molecular complexity index is 1620. The first kappa shape index (κ1) is 29.7. The fourth-order valence-corrected chi connectivity index (χ4v) is 6.88. The van der Waals surface area contributed by atoms with Gasteiger partial charge in [-0.15, -0.1) is 11.3 Å². The van der Waals surface area contributed by atoms with Gasteiger partial charge in [-0.25, -0.2) is 9.79 Å². The van der Waals surface area contributed by atoms with Gasteiger partial charge in [-0.1, -0.05) is 51.1 Å². The van der Waals surface area contributed by atoms with E-state index in [1.54, 1.807) is 41.8 Å². The van der Waals surface area contributed by atoms with Crippen LogP contribution < -0.4 is 10.1 Å². The predicted molar refractivity (Wildman–Crippen MR) is 173 cm³/mol. The van der Waals surface area contributed by atoms with E-state index in [2.05, 4.69) is 42.0 Å². The van der Waals surface area contributed by atoms with Crippen molar-refractivity contribution in [3.05, 3.63) is 110 Å². The number of hydrogen-bond donors (Lipinski definition) is 2. The van der Waals surface area contributed by atoms with Gasteiger partial charge in [-0.05, 0) is 106 Å². The second kappa shape index (κ2) is 12.6. The Kier molecular flexibility index (Phi) is 8.94. The number of nitrogens with zero attached hydrogens (tertiary/aromatic N) is 1. The second-order valence-corrected chi connectivity index (χ2v) is 13.5. The Morgan fingerprint density at radius 1 is 1.10 bits per heavy atom. The van der Waals surface area contributed by atoms with Crippen molar-refractivity contribution in [3.63, 3.8) is 0 Å². The Morgan fingerprint density at radius 2 is 1.83 bits per heavy atom. The molecular formula is C34H33BrN2O4S. The van der Waals surface area contributed by atoms with Gasteiger partial charge in [0, 0.05) is 16.8 Å². The second-order valence-electron chi connectivity index (χ2n) is 11.5. The van der Waals surface area contributed by atoms with Crippen molar-refractivity contribution < 1.29 is 19.4 Å². The van der Waals surface area contributed by atoms with Gasteiger partial charge in [-0.3, -0.25) is 4.79 Å². The van der Waals surface area contributed by atoms with E-state index in [9.17, 15) is 9.59 Å². The third-order valence-electron chi connectivity index (χ3n) is 7.61. The lowest BCUT2D eigenvalue weighted by Gasteiger charge is -2.33. The topological polar surface area (TPSA) is 88.0 Å². The van der Waals surface area contributed by atoms with E-state index < -0.39 is 5.97 Å². The average molecular weight is 646 g/mol. The number of carbonyl (C=O) groups excluding carboxylic acids is 1. The molecular weight excluding hydrogens is 612 g/mol. The van der Waals surface area contributed by atoms with Crippen LogP contribution in [0.25, 0.3) is 0 Å². The van der Waals surface area contributed by atoms with Crippen molar-refractivity contribution in [3.8, 4) is 5.75 Å². The van der Waals surface area contributed by atoms with E-state index in [4.69, 9.17) is 14.8 Å². The first-order valence-electron chi connectivity index (χ1n) is 13.9. The van der Waals surface area contributed by atoms with Crippen LogP contribution in [0, 0.1) is 11.3 Å². The van der Waals surface area contributed by atoms with Gasteiger partial charge in [0.25, 0.3) is 5.91 Å². The molecule has 1 amide bonds. The van der Waals surface area contributed by atoms with Gasteiger partial charge in [0.2, 0.25) is 0 Å². The van der Waals surface area contributed by atoms with Crippen LogP contribution in [0.3, 0.4) is 0 Å². The SMILES string of the molecule is CC(C)(C)[C@@H]1CCc2c(sc(N=Cc3ccc(OCc4ccc(C(=O)O)cc4)c(Br)c3)c2C(=O)Nc2ccccc2)C1. The number of rotatable bonds is 8. The Labute approximate surface area is 258 Å². The standard InChI is InChI=1S/C34H33BrN2O4S/c1-34(2,3)24-14-15-26-29(18-24)42-32(30(26)31(38)37-25-7-5-4-6-8-25)36-19-22-11-16-28(27(35)17-22)41-20-21-9-12-23(13-10-21)33(39)40/h4-13,16-17,19,24H,14-15,18,20H2,1-3H3,(H,37,38)(H,39,40)/t24-/m1/s1. The number of amides is 1. The zero-order valence-corrected chi connectivity index (χ0v) is 26.2. The number of carbonyl (C=O) groups is 2. The lowest BCUT2D eigenvalue weighted by atomic mass is 9.72. The number of fused-ring (bicyclic) bond motifs is 1. The Morgan fingerprint density at radius 3 is 2.50 bits per heavy atom. The molecule has 2 N–H and O–H groups in total. The fraction of sp³-hybridized carbons (Fsp3) is 0.265. The van der Waals surface area contributed by atoms with Crippen molar-refractivity contribution in [2.45, 2.75) is 46.6 Å². The van der Waals surface area contributed by atoms with Gasteiger partial charge >= 0.3 is 5.97 Å². The molecule has 1 aliphatic rings. The summed E-state index contributed by atoms with van der Waals surface area (Å²) in [6, 6.07) is 21.9. The number of aromatic carboxylic acids is 1. The smallest absolute Gasteiger partial charge is 0.335 e. The molecule has 6 nitrogen and oxygen atoms in total. The minimum Gasteiger partial charge on any atom is -0.488 e. The summed E-state index contributed by atoms with van der Waals surface area (Å²) in [7, 11) is 0. The minimum atomic E-state index is -0.955. The molecule has 1 heterocycles. The molecule has 0 saturated carbocycles. The van der Waals surface area contributed by atoms with E-state index >= 15 is 0 Å². The van der Waals surface area contributed by atoms with Crippen molar-refractivity contribution >= 4 is 56.0 Å². The zero-order valence-electron chi connectivity index (χ0n) is 23.8. The lowest BCUT2D eigenvalue weighted by Crippen LogP contribution is -2.27. The number of benzene rings is 3. The van der Waals surface area contributed by atoms with E-state index in [0.717, 1.165) is 51.1 Å². The van der Waals surface area contributed by atoms with Gasteiger partial charge in [0.1, 0.15) is 17.4 Å². The van der Waals surface area contributed by atoms with Crippen molar-refractivity contribution in [2.24, 2.45) is 16.3 Å². The van der Waals surface area contributed by atoms with Crippen LogP contribution in [-0.4, -0.2) is 23.2 Å². The third kappa shape index (κ3) is 6.99. The van der Waals surface area contributed by atoms with Crippen LogP contribution in [0.5, 0.6) is 5.75 Å². The van der Waals surface area contributed by atoms with Gasteiger partial charge in [0.15, 0.2) is 0 Å². The van der Waals surface area contributed by atoms with E-state index in [1.807, 2.05) is 48.5 Å². The van der Waals surface area contributed by atoms with Gasteiger partial charge < -0.3 is 15.2 Å². The highest BCUT2D eigenvalue weighted by Gasteiger charge is 2.33. The zero-order chi connectivity index (χ0) is 29.9. The van der Waals surface area contributed by atoms with Crippen LogP contribution >= 0.6 is 27.3 Å². The molecule has 4 aromatic rings. The van der Waals surface area contributed by atoms with Crippen molar-refractivity contribution in [2.75, 3.05) is 5.32 Å². The highest BCUT2D eigenvalue weighted by Crippen LogP contribution is 2.45. The highest BCUT2D eigenvalue weighted by atomic mass is 79.9. The molecule has 1 atom stereocenters. The average Bonchev–Trinajstić information content (AvgIpc) is 3.34. The highest BCUT2D eigenvalue weighted by molar-refractivity contribution is 9.10. The van der Waals surface area contributed by atoms with Gasteiger partial charge in [0.05, 0.1) is 15.6 Å². The van der Waals surface area contributed by atoms with Crippen LogP contribution in [0.15, 0.2) is 82.3 Å². The van der Waals surface area contributed by atoms with Gasteiger partial charge in [-0.2, -0.15) is 0 Å². The number of ether oxygens (including phenoxy) is 1. The molecule has 0 spiro atoms. The monoisotopic (exact) mass is 644 g/mol. The Hall–Kier alpha value is -3.75. The van der Waals surface area contributed by atoms with E-state index in [1.165, 1.54) is 4.88 Å². The molecule has 0 fully saturated rings. The van der Waals surface area contributed by atoms with E-state index in [0.29, 0.717) is 23.8 Å². The molecule has 216 valence electrons. The molecule has 0 saturated heterocycles. The maximum Gasteiger partial charge on any atom is 0.335 e. The number of carboxylic acid groups (broad SMARTS) is 1. The van der Waals surface area contributed by atoms with Crippen molar-refractivity contribution in [1.29, 1.82) is 0 Å². The predicted octanol–water partition coefficient (Wildman–Crippen LogP) is 8.94. The normalized spacial score (nSPS) is 14.9. The quantitative estimate of drug-likeness (QED) is 0.187. The summed E-state index contributed by atoms with van der Waals surface area (Å²) in [4.78, 5) is 30.7. The molecule has 5 rings (SSSR count). The van der Waals surface area contributed by atoms with Crippen LogP contribution in [0.4, 0.5) is 10.7 Å². The number of thiophene rings is 1. The summed E-state index contributed by atoms with van der Waals surface area (Å²) < 4.78 is 6.72. The first-order valence-corrected chi connectivity index (χ1v) is 15.5. The van der Waals surface area contributed by atoms with Crippen LogP contribution in [0.2, 0.25) is 0 Å². The third-order valence-corrected chi connectivity index (χ3v) is 9.39. The lowest BCUT2D eigenvalue weighted by molar-refractivity contribution is 0.0696. The summed E-state index contributed by atoms with van der Waals surface area (Å²) in [5, 5.41) is 12.9. The summed E-state index contributed by atoms with van der Waals surface area (Å²) in [6.45, 7) is 7.18. The minimum absolute atomic E-state index is 0.124. The van der Waals surface area contributed by atoms with E-state index in [-0.39, 0.29) is 16.9 Å². The molecule has 0 bridgehead atoms. The molecule has 0 aliphatic heterocycles. The Balaban J connectivity index is 1.36. The molecule has 8 heteroatoms. The number of halogens is 1. The largest absolute Gasteiger partial charge is 0.488 e. The number of aliphatic imine (C=N–C) groups is 1. The summed E-state index contributed by atoms with van der Waals surface area (Å²) in [5.41, 5.74) is 4.75. The molecule has 0 radical (unpaired) electrons. The number of para-hydroxylation sites is 1.